The molecule has 0 bridgehead atoms. The highest BCUT2D eigenvalue weighted by Crippen LogP contribution is 2.29. The van der Waals surface area contributed by atoms with Gasteiger partial charge in [-0.1, -0.05) is 24.3 Å². The Balaban J connectivity index is 1.98. The zero-order valence-electron chi connectivity index (χ0n) is 12.1. The second-order valence-corrected chi connectivity index (χ2v) is 5.50. The van der Waals surface area contributed by atoms with Gasteiger partial charge in [-0.15, -0.1) is 0 Å². The molecule has 1 heterocycles. The fourth-order valence-electron chi connectivity index (χ4n) is 2.99. The zero-order valence-corrected chi connectivity index (χ0v) is 12.1. The van der Waals surface area contributed by atoms with E-state index in [4.69, 9.17) is 4.74 Å². The third kappa shape index (κ3) is 2.72. The molecule has 0 aliphatic carbocycles. The number of hydrogen-bond donors (Lipinski definition) is 1. The molecule has 1 atom stereocenters. The number of likely N-dealkylation sites (N-methyl/N-ethyl adjacent to an activating group) is 1. The third-order valence-electron chi connectivity index (χ3n) is 4.04. The van der Waals surface area contributed by atoms with E-state index in [0.717, 1.165) is 42.5 Å². The Hall–Kier alpha value is -2.07. The molecule has 1 saturated heterocycles. The molecule has 1 aliphatic rings. The summed E-state index contributed by atoms with van der Waals surface area (Å²) in [6.07, 6.45) is 2.49. The van der Waals surface area contributed by atoms with Crippen LogP contribution in [0.2, 0.25) is 0 Å². The number of anilines is 1. The average Bonchev–Trinajstić information content (AvgIpc) is 2.98. The minimum Gasteiger partial charge on any atom is -0.478 e. The number of nitrogens with zero attached hydrogens (tertiary/aromatic N) is 1. The first kappa shape index (κ1) is 13.9. The second-order valence-electron chi connectivity index (χ2n) is 5.50. The summed E-state index contributed by atoms with van der Waals surface area (Å²) < 4.78 is 5.68. The molecule has 1 aliphatic heterocycles. The molecule has 1 N–H and O–H groups in total. The van der Waals surface area contributed by atoms with Crippen molar-refractivity contribution in [2.45, 2.75) is 18.9 Å². The van der Waals surface area contributed by atoms with Crippen LogP contribution in [0.15, 0.2) is 36.4 Å². The molecule has 1 unspecified atom stereocenters. The van der Waals surface area contributed by atoms with Crippen molar-refractivity contribution >= 4 is 22.4 Å². The molecule has 0 aromatic heterocycles. The van der Waals surface area contributed by atoms with Gasteiger partial charge in [-0.2, -0.15) is 0 Å². The van der Waals surface area contributed by atoms with Crippen LogP contribution in [0.25, 0.3) is 10.8 Å². The summed E-state index contributed by atoms with van der Waals surface area (Å²) in [4.78, 5) is 13.5. The van der Waals surface area contributed by atoms with Crippen molar-refractivity contribution in [2.75, 3.05) is 25.1 Å². The van der Waals surface area contributed by atoms with E-state index >= 15 is 0 Å². The topological polar surface area (TPSA) is 49.8 Å². The van der Waals surface area contributed by atoms with E-state index in [9.17, 15) is 9.90 Å². The predicted molar refractivity (Wildman–Crippen MR) is 83.2 cm³/mol. The first-order valence-electron chi connectivity index (χ1n) is 7.24. The number of rotatable bonds is 4. The smallest absolute Gasteiger partial charge is 0.336 e. The SMILES string of the molecule is CN(CC1CCCO1)c1ccc(C(=O)O)c2ccccc12. The van der Waals surface area contributed by atoms with Crippen LogP contribution in [0, 0.1) is 0 Å². The largest absolute Gasteiger partial charge is 0.478 e. The molecular formula is C17H19NO3. The molecular weight excluding hydrogens is 266 g/mol. The van der Waals surface area contributed by atoms with Gasteiger partial charge in [0.15, 0.2) is 0 Å². The molecule has 110 valence electrons. The van der Waals surface area contributed by atoms with Gasteiger partial charge < -0.3 is 14.7 Å². The van der Waals surface area contributed by atoms with E-state index in [-0.39, 0.29) is 6.10 Å². The van der Waals surface area contributed by atoms with Crippen LogP contribution < -0.4 is 4.90 Å². The van der Waals surface area contributed by atoms with Crippen molar-refractivity contribution in [3.63, 3.8) is 0 Å². The van der Waals surface area contributed by atoms with Gasteiger partial charge in [0.05, 0.1) is 11.7 Å². The van der Waals surface area contributed by atoms with Crippen LogP contribution in [-0.2, 0) is 4.74 Å². The lowest BCUT2D eigenvalue weighted by atomic mass is 10.0. The fraction of sp³-hybridized carbons (Fsp3) is 0.353. The maximum atomic E-state index is 11.3. The van der Waals surface area contributed by atoms with Crippen molar-refractivity contribution in [3.05, 3.63) is 42.0 Å². The maximum Gasteiger partial charge on any atom is 0.336 e. The fourth-order valence-corrected chi connectivity index (χ4v) is 2.99. The average molecular weight is 285 g/mol. The van der Waals surface area contributed by atoms with Gasteiger partial charge in [-0.05, 0) is 30.4 Å². The molecule has 4 nitrogen and oxygen atoms in total. The Kier molecular flexibility index (Phi) is 3.80. The van der Waals surface area contributed by atoms with Gasteiger partial charge in [-0.3, -0.25) is 0 Å². The van der Waals surface area contributed by atoms with Crippen LogP contribution in [0.4, 0.5) is 5.69 Å². The lowest BCUT2D eigenvalue weighted by Gasteiger charge is -2.24. The summed E-state index contributed by atoms with van der Waals surface area (Å²) in [7, 11) is 2.03. The van der Waals surface area contributed by atoms with Crippen LogP contribution >= 0.6 is 0 Å². The van der Waals surface area contributed by atoms with E-state index in [0.29, 0.717) is 5.56 Å². The lowest BCUT2D eigenvalue weighted by molar-refractivity contribution is 0.0699. The van der Waals surface area contributed by atoms with Gasteiger partial charge in [0.1, 0.15) is 0 Å². The summed E-state index contributed by atoms with van der Waals surface area (Å²) in [6, 6.07) is 11.2. The third-order valence-corrected chi connectivity index (χ3v) is 4.04. The number of carboxylic acid groups (broad SMARTS) is 1. The van der Waals surface area contributed by atoms with E-state index in [1.807, 2.05) is 37.4 Å². The molecule has 4 heteroatoms. The zero-order chi connectivity index (χ0) is 14.8. The number of carboxylic acids is 1. The summed E-state index contributed by atoms with van der Waals surface area (Å²) in [5, 5.41) is 11.1. The van der Waals surface area contributed by atoms with Crippen molar-refractivity contribution in [2.24, 2.45) is 0 Å². The Morgan fingerprint density at radius 2 is 2.05 bits per heavy atom. The molecule has 0 radical (unpaired) electrons. The molecule has 21 heavy (non-hydrogen) atoms. The Morgan fingerprint density at radius 1 is 1.29 bits per heavy atom. The second kappa shape index (κ2) is 5.74. The monoisotopic (exact) mass is 285 g/mol. The molecule has 1 fully saturated rings. The number of ether oxygens (including phenoxy) is 1. The molecule has 2 aromatic carbocycles. The minimum absolute atomic E-state index is 0.271. The Bertz CT molecular complexity index is 662. The predicted octanol–water partition coefficient (Wildman–Crippen LogP) is 3.15. The highest BCUT2D eigenvalue weighted by molar-refractivity contribution is 6.07. The summed E-state index contributed by atoms with van der Waals surface area (Å²) in [6.45, 7) is 1.67. The molecule has 0 amide bonds. The number of hydrogen-bond acceptors (Lipinski definition) is 3. The van der Waals surface area contributed by atoms with Gasteiger partial charge in [0, 0.05) is 31.3 Å². The van der Waals surface area contributed by atoms with Gasteiger partial charge >= 0.3 is 5.97 Å². The van der Waals surface area contributed by atoms with Crippen molar-refractivity contribution in [3.8, 4) is 0 Å². The summed E-state index contributed by atoms with van der Waals surface area (Å²) >= 11 is 0. The highest BCUT2D eigenvalue weighted by Gasteiger charge is 2.19. The van der Waals surface area contributed by atoms with Crippen molar-refractivity contribution < 1.29 is 14.6 Å². The van der Waals surface area contributed by atoms with E-state index in [2.05, 4.69) is 4.90 Å². The molecule has 0 saturated carbocycles. The summed E-state index contributed by atoms with van der Waals surface area (Å²) in [5.41, 5.74) is 1.39. The molecule has 0 spiro atoms. The van der Waals surface area contributed by atoms with E-state index in [1.165, 1.54) is 0 Å². The van der Waals surface area contributed by atoms with Crippen molar-refractivity contribution in [1.82, 2.24) is 0 Å². The van der Waals surface area contributed by atoms with Gasteiger partial charge in [0.25, 0.3) is 0 Å². The molecule has 3 rings (SSSR count). The number of aromatic carboxylic acids is 1. The number of benzene rings is 2. The first-order chi connectivity index (χ1) is 10.2. The lowest BCUT2D eigenvalue weighted by Crippen LogP contribution is -2.28. The Labute approximate surface area is 123 Å². The van der Waals surface area contributed by atoms with Crippen LogP contribution in [-0.4, -0.2) is 37.4 Å². The first-order valence-corrected chi connectivity index (χ1v) is 7.24. The van der Waals surface area contributed by atoms with Gasteiger partial charge in [0.2, 0.25) is 0 Å². The van der Waals surface area contributed by atoms with Crippen LogP contribution in [0.1, 0.15) is 23.2 Å². The normalized spacial score (nSPS) is 18.0. The quantitative estimate of drug-likeness (QED) is 0.937. The minimum atomic E-state index is -0.889. The number of carbonyl (C=O) groups is 1. The molecule has 2 aromatic rings. The standard InChI is InChI=1S/C17H19NO3/c1-18(11-12-5-4-10-21-12)16-9-8-15(17(19)20)13-6-2-3-7-14(13)16/h2-3,6-9,12H,4-5,10-11H2,1H3,(H,19,20). The Morgan fingerprint density at radius 3 is 2.71 bits per heavy atom. The summed E-state index contributed by atoms with van der Waals surface area (Å²) in [5.74, 6) is -0.889. The highest BCUT2D eigenvalue weighted by atomic mass is 16.5. The van der Waals surface area contributed by atoms with Crippen LogP contribution in [0.3, 0.4) is 0 Å². The maximum absolute atomic E-state index is 11.3. The van der Waals surface area contributed by atoms with Crippen LogP contribution in [0.5, 0.6) is 0 Å². The van der Waals surface area contributed by atoms with E-state index < -0.39 is 5.97 Å². The number of fused-ring (bicyclic) bond motifs is 1. The van der Waals surface area contributed by atoms with Gasteiger partial charge in [-0.25, -0.2) is 4.79 Å². The van der Waals surface area contributed by atoms with E-state index in [1.54, 1.807) is 6.07 Å². The van der Waals surface area contributed by atoms with Crippen molar-refractivity contribution in [1.29, 1.82) is 0 Å².